The Labute approximate surface area is 282 Å². The molecule has 4 unspecified atom stereocenters. The van der Waals surface area contributed by atoms with Crippen molar-refractivity contribution in [3.63, 3.8) is 0 Å². The number of unbranched alkanes of at least 4 members (excludes halogenated alkanes) is 22. The molecule has 0 aromatic heterocycles. The van der Waals surface area contributed by atoms with Gasteiger partial charge in [-0.15, -0.1) is 0 Å². The van der Waals surface area contributed by atoms with E-state index in [1.54, 1.807) is 0 Å². The van der Waals surface area contributed by atoms with E-state index in [1.807, 2.05) is 0 Å². The van der Waals surface area contributed by atoms with Gasteiger partial charge in [-0.3, -0.25) is 0 Å². The molecule has 0 N–H and O–H groups in total. The number of hydrogen-bond acceptors (Lipinski definition) is 3. The Balaban J connectivity index is 1.47. The van der Waals surface area contributed by atoms with Gasteiger partial charge < -0.3 is 14.2 Å². The third kappa shape index (κ3) is 28.1. The number of rotatable bonds is 36. The standard InChI is InChI=1S/C42H78O3/c1-3-5-7-9-11-13-15-17-19-21-23-25-27-29-31-33-39(35-41-37-43-41)45-40(36-42-38-44-42)34-32-30-28-26-24-22-20-18-16-14-12-10-8-6-4-2/h17-20,39-42H,3-16,21-38H2,1-2H3/b19-17-,20-18-. The van der Waals surface area contributed by atoms with Gasteiger partial charge in [-0.05, 0) is 64.2 Å². The van der Waals surface area contributed by atoms with Gasteiger partial charge >= 0.3 is 0 Å². The molecule has 0 radical (unpaired) electrons. The van der Waals surface area contributed by atoms with Crippen LogP contribution < -0.4 is 0 Å². The zero-order valence-corrected chi connectivity index (χ0v) is 30.5. The molecule has 2 aliphatic heterocycles. The Kier molecular flexibility index (Phi) is 27.6. The molecule has 0 saturated carbocycles. The maximum absolute atomic E-state index is 6.81. The molecule has 2 heterocycles. The molecule has 2 rings (SSSR count). The highest BCUT2D eigenvalue weighted by molar-refractivity contribution is 4.82. The quantitative estimate of drug-likeness (QED) is 0.0392. The van der Waals surface area contributed by atoms with Crippen LogP contribution >= 0.6 is 0 Å². The van der Waals surface area contributed by atoms with E-state index in [-0.39, 0.29) is 0 Å². The van der Waals surface area contributed by atoms with E-state index < -0.39 is 0 Å². The summed E-state index contributed by atoms with van der Waals surface area (Å²) in [6, 6.07) is 0. The first-order valence-electron chi connectivity index (χ1n) is 20.5. The maximum atomic E-state index is 6.81. The van der Waals surface area contributed by atoms with Gasteiger partial charge in [0.05, 0.1) is 37.6 Å². The molecule has 3 heteroatoms. The SMILES string of the molecule is CCCCCCCC/C=C\CCCCCCCC(CC1CO1)OC(CCCCCCC/C=C\CCCCCCCC)CC1CO1. The van der Waals surface area contributed by atoms with E-state index in [1.165, 1.54) is 180 Å². The van der Waals surface area contributed by atoms with Crippen molar-refractivity contribution in [1.29, 1.82) is 0 Å². The smallest absolute Gasteiger partial charge is 0.0834 e. The van der Waals surface area contributed by atoms with Crippen molar-refractivity contribution in [2.24, 2.45) is 0 Å². The van der Waals surface area contributed by atoms with Crippen LogP contribution in [-0.2, 0) is 14.2 Å². The summed E-state index contributed by atoms with van der Waals surface area (Å²) in [5.74, 6) is 0. The molecule has 4 atom stereocenters. The minimum Gasteiger partial charge on any atom is -0.375 e. The number of ether oxygens (including phenoxy) is 3. The zero-order valence-electron chi connectivity index (χ0n) is 30.5. The molecule has 0 amide bonds. The predicted molar refractivity (Wildman–Crippen MR) is 196 cm³/mol. The molecule has 2 aliphatic rings. The number of allylic oxidation sites excluding steroid dienone is 4. The second-order valence-corrected chi connectivity index (χ2v) is 14.5. The lowest BCUT2D eigenvalue weighted by atomic mass is 10.0. The van der Waals surface area contributed by atoms with Crippen LogP contribution in [0.5, 0.6) is 0 Å². The highest BCUT2D eigenvalue weighted by Gasteiger charge is 2.31. The lowest BCUT2D eigenvalue weighted by molar-refractivity contribution is -0.0359. The summed E-state index contributed by atoms with van der Waals surface area (Å²) in [6.45, 7) is 6.47. The highest BCUT2D eigenvalue weighted by atomic mass is 16.6. The van der Waals surface area contributed by atoms with Crippen LogP contribution in [0.25, 0.3) is 0 Å². The lowest BCUT2D eigenvalue weighted by Gasteiger charge is -2.25. The van der Waals surface area contributed by atoms with Gasteiger partial charge in [-0.2, -0.15) is 0 Å². The summed E-state index contributed by atoms with van der Waals surface area (Å²) in [5, 5.41) is 0. The van der Waals surface area contributed by atoms with Gasteiger partial charge in [0.15, 0.2) is 0 Å². The Bertz CT molecular complexity index is 609. The van der Waals surface area contributed by atoms with E-state index in [0.717, 1.165) is 26.1 Å². The monoisotopic (exact) mass is 631 g/mol. The zero-order chi connectivity index (χ0) is 31.9. The van der Waals surface area contributed by atoms with Crippen molar-refractivity contribution < 1.29 is 14.2 Å². The molecule has 264 valence electrons. The Morgan fingerprint density at radius 3 is 1.04 bits per heavy atom. The fourth-order valence-corrected chi connectivity index (χ4v) is 6.64. The van der Waals surface area contributed by atoms with Crippen LogP contribution in [0.2, 0.25) is 0 Å². The van der Waals surface area contributed by atoms with E-state index in [9.17, 15) is 0 Å². The topological polar surface area (TPSA) is 34.3 Å². The van der Waals surface area contributed by atoms with Crippen molar-refractivity contribution in [3.05, 3.63) is 24.3 Å². The number of hydrogen-bond donors (Lipinski definition) is 0. The average Bonchev–Trinajstić information content (AvgIpc) is 3.98. The summed E-state index contributed by atoms with van der Waals surface area (Å²) < 4.78 is 18.0. The Morgan fingerprint density at radius 2 is 0.733 bits per heavy atom. The first-order valence-corrected chi connectivity index (χ1v) is 20.5. The van der Waals surface area contributed by atoms with Crippen molar-refractivity contribution >= 4 is 0 Å². The largest absolute Gasteiger partial charge is 0.375 e. The van der Waals surface area contributed by atoms with Gasteiger partial charge in [0.1, 0.15) is 0 Å². The molecular weight excluding hydrogens is 552 g/mol. The van der Waals surface area contributed by atoms with Crippen LogP contribution in [0.4, 0.5) is 0 Å². The molecule has 0 spiro atoms. The maximum Gasteiger partial charge on any atom is 0.0834 e. The van der Waals surface area contributed by atoms with Gasteiger partial charge in [0, 0.05) is 12.8 Å². The van der Waals surface area contributed by atoms with Crippen molar-refractivity contribution in [2.75, 3.05) is 13.2 Å². The van der Waals surface area contributed by atoms with Crippen LogP contribution in [0.1, 0.15) is 206 Å². The molecule has 0 bridgehead atoms. The molecule has 45 heavy (non-hydrogen) atoms. The van der Waals surface area contributed by atoms with E-state index in [2.05, 4.69) is 38.2 Å². The fourth-order valence-electron chi connectivity index (χ4n) is 6.64. The summed E-state index contributed by atoms with van der Waals surface area (Å²) in [5.41, 5.74) is 0. The van der Waals surface area contributed by atoms with Crippen LogP contribution in [0.15, 0.2) is 24.3 Å². The summed E-state index contributed by atoms with van der Waals surface area (Å²) in [4.78, 5) is 0. The van der Waals surface area contributed by atoms with Gasteiger partial charge in [-0.1, -0.05) is 154 Å². The predicted octanol–water partition coefficient (Wildman–Crippen LogP) is 13.4. The van der Waals surface area contributed by atoms with Crippen molar-refractivity contribution in [1.82, 2.24) is 0 Å². The second kappa shape index (κ2) is 30.7. The third-order valence-corrected chi connectivity index (χ3v) is 9.82. The molecular formula is C42H78O3. The molecule has 0 aromatic carbocycles. The minimum atomic E-state index is 0.370. The fraction of sp³-hybridized carbons (Fsp3) is 0.905. The first kappa shape index (κ1) is 40.5. The normalized spacial score (nSPS) is 19.2. The summed E-state index contributed by atoms with van der Waals surface area (Å²) >= 11 is 0. The molecule has 0 aliphatic carbocycles. The van der Waals surface area contributed by atoms with Gasteiger partial charge in [-0.25, -0.2) is 0 Å². The molecule has 3 nitrogen and oxygen atoms in total. The van der Waals surface area contributed by atoms with E-state index in [0.29, 0.717) is 24.4 Å². The molecule has 0 aromatic rings. The van der Waals surface area contributed by atoms with Gasteiger partial charge in [0.25, 0.3) is 0 Å². The second-order valence-electron chi connectivity index (χ2n) is 14.5. The van der Waals surface area contributed by atoms with Gasteiger partial charge in [0.2, 0.25) is 0 Å². The van der Waals surface area contributed by atoms with E-state index in [4.69, 9.17) is 14.2 Å². The molecule has 2 saturated heterocycles. The van der Waals surface area contributed by atoms with Crippen molar-refractivity contribution in [3.8, 4) is 0 Å². The minimum absolute atomic E-state index is 0.370. The lowest BCUT2D eigenvalue weighted by Crippen LogP contribution is -2.25. The third-order valence-electron chi connectivity index (χ3n) is 9.82. The van der Waals surface area contributed by atoms with E-state index >= 15 is 0 Å². The average molecular weight is 631 g/mol. The summed E-state index contributed by atoms with van der Waals surface area (Å²) in [6.07, 6.45) is 51.3. The Hall–Kier alpha value is -0.640. The molecule has 2 fully saturated rings. The highest BCUT2D eigenvalue weighted by Crippen LogP contribution is 2.27. The number of epoxide rings is 2. The van der Waals surface area contributed by atoms with Crippen LogP contribution in [0, 0.1) is 0 Å². The summed E-state index contributed by atoms with van der Waals surface area (Å²) in [7, 11) is 0. The van der Waals surface area contributed by atoms with Crippen LogP contribution in [0.3, 0.4) is 0 Å². The Morgan fingerprint density at radius 1 is 0.444 bits per heavy atom. The van der Waals surface area contributed by atoms with Crippen LogP contribution in [-0.4, -0.2) is 37.6 Å². The van der Waals surface area contributed by atoms with Crippen molar-refractivity contribution in [2.45, 2.75) is 231 Å². The first-order chi connectivity index (χ1) is 22.3.